The number of amides is 1. The molecule has 0 unspecified atom stereocenters. The van der Waals surface area contributed by atoms with Gasteiger partial charge in [0.1, 0.15) is 5.78 Å². The van der Waals surface area contributed by atoms with E-state index < -0.39 is 5.91 Å². The summed E-state index contributed by atoms with van der Waals surface area (Å²) < 4.78 is 0. The zero-order valence-electron chi connectivity index (χ0n) is 8.12. The van der Waals surface area contributed by atoms with Crippen molar-refractivity contribution in [1.82, 2.24) is 0 Å². The Hall–Kier alpha value is -1.64. The Bertz CT molecular complexity index is 358. The number of ketones is 1. The molecule has 0 aliphatic rings. The van der Waals surface area contributed by atoms with Gasteiger partial charge in [-0.2, -0.15) is 0 Å². The third kappa shape index (κ3) is 2.42. The van der Waals surface area contributed by atoms with E-state index in [1.807, 2.05) is 0 Å². The maximum absolute atomic E-state index is 11.2. The van der Waals surface area contributed by atoms with E-state index in [1.54, 1.807) is 31.2 Å². The van der Waals surface area contributed by atoms with Crippen molar-refractivity contribution in [2.75, 3.05) is 0 Å². The minimum Gasteiger partial charge on any atom is -0.366 e. The molecule has 0 fully saturated rings. The summed E-state index contributed by atoms with van der Waals surface area (Å²) in [5.74, 6) is -0.372. The molecule has 3 heteroatoms. The van der Waals surface area contributed by atoms with Crippen LogP contribution in [0.5, 0.6) is 0 Å². The molecule has 0 aliphatic carbocycles. The first-order valence-corrected chi connectivity index (χ1v) is 4.54. The van der Waals surface area contributed by atoms with Gasteiger partial charge in [-0.25, -0.2) is 0 Å². The van der Waals surface area contributed by atoms with Gasteiger partial charge in [-0.15, -0.1) is 0 Å². The molecular weight excluding hydrogens is 178 g/mol. The molecule has 1 amide bonds. The first-order chi connectivity index (χ1) is 6.65. The number of primary amides is 1. The SMILES string of the molecule is CCC(=O)Cc1ccccc1C(N)=O. The van der Waals surface area contributed by atoms with E-state index in [9.17, 15) is 9.59 Å². The van der Waals surface area contributed by atoms with Crippen molar-refractivity contribution in [3.05, 3.63) is 35.4 Å². The average molecular weight is 191 g/mol. The molecule has 0 radical (unpaired) electrons. The molecule has 1 rings (SSSR count). The van der Waals surface area contributed by atoms with Crippen molar-refractivity contribution in [3.8, 4) is 0 Å². The molecule has 0 atom stereocenters. The smallest absolute Gasteiger partial charge is 0.248 e. The maximum Gasteiger partial charge on any atom is 0.248 e. The minimum atomic E-state index is -0.482. The Labute approximate surface area is 82.9 Å². The van der Waals surface area contributed by atoms with Crippen LogP contribution in [0.4, 0.5) is 0 Å². The van der Waals surface area contributed by atoms with Crippen molar-refractivity contribution in [3.63, 3.8) is 0 Å². The summed E-state index contributed by atoms with van der Waals surface area (Å²) in [4.78, 5) is 22.2. The van der Waals surface area contributed by atoms with Gasteiger partial charge in [-0.1, -0.05) is 25.1 Å². The maximum atomic E-state index is 11.2. The molecule has 0 aromatic heterocycles. The fourth-order valence-corrected chi connectivity index (χ4v) is 1.25. The van der Waals surface area contributed by atoms with E-state index in [1.165, 1.54) is 0 Å². The van der Waals surface area contributed by atoms with Gasteiger partial charge in [-0.05, 0) is 11.6 Å². The second kappa shape index (κ2) is 4.56. The van der Waals surface area contributed by atoms with Gasteiger partial charge >= 0.3 is 0 Å². The van der Waals surface area contributed by atoms with Crippen LogP contribution in [0.25, 0.3) is 0 Å². The molecule has 74 valence electrons. The van der Waals surface area contributed by atoms with Crippen molar-refractivity contribution >= 4 is 11.7 Å². The van der Waals surface area contributed by atoms with E-state index >= 15 is 0 Å². The van der Waals surface area contributed by atoms with Crippen LogP contribution in [0, 0.1) is 0 Å². The summed E-state index contributed by atoms with van der Waals surface area (Å²) in [6.45, 7) is 1.80. The summed E-state index contributed by atoms with van der Waals surface area (Å²) in [5, 5.41) is 0. The van der Waals surface area contributed by atoms with Crippen LogP contribution in [0.15, 0.2) is 24.3 Å². The molecular formula is C11H13NO2. The summed E-state index contributed by atoms with van der Waals surface area (Å²) in [6, 6.07) is 6.93. The number of hydrogen-bond acceptors (Lipinski definition) is 2. The summed E-state index contributed by atoms with van der Waals surface area (Å²) in [5.41, 5.74) is 6.34. The number of hydrogen-bond donors (Lipinski definition) is 1. The molecule has 0 bridgehead atoms. The third-order valence-electron chi connectivity index (χ3n) is 2.06. The molecule has 1 aromatic carbocycles. The van der Waals surface area contributed by atoms with Gasteiger partial charge < -0.3 is 5.73 Å². The molecule has 0 saturated carbocycles. The normalized spacial score (nSPS) is 9.79. The number of benzene rings is 1. The number of Topliss-reactive ketones (excluding diaryl/α,β-unsaturated/α-hetero) is 1. The van der Waals surface area contributed by atoms with Gasteiger partial charge in [-0.3, -0.25) is 9.59 Å². The van der Waals surface area contributed by atoms with Crippen LogP contribution < -0.4 is 5.73 Å². The fourth-order valence-electron chi connectivity index (χ4n) is 1.25. The Balaban J connectivity index is 2.95. The Morgan fingerprint density at radius 3 is 2.50 bits per heavy atom. The van der Waals surface area contributed by atoms with Crippen LogP contribution >= 0.6 is 0 Å². The topological polar surface area (TPSA) is 60.2 Å². The number of rotatable bonds is 4. The highest BCUT2D eigenvalue weighted by Gasteiger charge is 2.09. The van der Waals surface area contributed by atoms with Crippen LogP contribution in [-0.4, -0.2) is 11.7 Å². The van der Waals surface area contributed by atoms with Gasteiger partial charge in [0, 0.05) is 18.4 Å². The monoisotopic (exact) mass is 191 g/mol. The standard InChI is InChI=1S/C11H13NO2/c1-2-9(13)7-8-5-3-4-6-10(8)11(12)14/h3-6H,2,7H2,1H3,(H2,12,14). The molecule has 0 saturated heterocycles. The third-order valence-corrected chi connectivity index (χ3v) is 2.06. The Morgan fingerprint density at radius 1 is 1.29 bits per heavy atom. The highest BCUT2D eigenvalue weighted by molar-refractivity contribution is 5.96. The Kier molecular flexibility index (Phi) is 3.40. The predicted molar refractivity (Wildman–Crippen MR) is 54.0 cm³/mol. The van der Waals surface area contributed by atoms with E-state index in [-0.39, 0.29) is 12.2 Å². The van der Waals surface area contributed by atoms with Crippen molar-refractivity contribution in [1.29, 1.82) is 0 Å². The fraction of sp³-hybridized carbons (Fsp3) is 0.273. The zero-order chi connectivity index (χ0) is 10.6. The lowest BCUT2D eigenvalue weighted by Gasteiger charge is -2.04. The quantitative estimate of drug-likeness (QED) is 0.779. The minimum absolute atomic E-state index is 0.110. The van der Waals surface area contributed by atoms with Gasteiger partial charge in [0.25, 0.3) is 0 Å². The highest BCUT2D eigenvalue weighted by Crippen LogP contribution is 2.09. The average Bonchev–Trinajstić information content (AvgIpc) is 2.18. The predicted octanol–water partition coefficient (Wildman–Crippen LogP) is 1.31. The van der Waals surface area contributed by atoms with Gasteiger partial charge in [0.05, 0.1) is 0 Å². The van der Waals surface area contributed by atoms with Crippen molar-refractivity contribution in [2.24, 2.45) is 5.73 Å². The zero-order valence-corrected chi connectivity index (χ0v) is 8.12. The second-order valence-electron chi connectivity index (χ2n) is 3.09. The van der Waals surface area contributed by atoms with Crippen LogP contribution in [-0.2, 0) is 11.2 Å². The van der Waals surface area contributed by atoms with E-state index in [4.69, 9.17) is 5.73 Å². The molecule has 0 heterocycles. The van der Waals surface area contributed by atoms with E-state index in [2.05, 4.69) is 0 Å². The van der Waals surface area contributed by atoms with E-state index in [0.29, 0.717) is 17.5 Å². The second-order valence-corrected chi connectivity index (χ2v) is 3.09. The number of nitrogens with two attached hydrogens (primary N) is 1. The van der Waals surface area contributed by atoms with E-state index in [0.717, 1.165) is 0 Å². The lowest BCUT2D eigenvalue weighted by molar-refractivity contribution is -0.118. The highest BCUT2D eigenvalue weighted by atomic mass is 16.1. The first kappa shape index (κ1) is 10.4. The molecule has 0 aliphatic heterocycles. The summed E-state index contributed by atoms with van der Waals surface area (Å²) >= 11 is 0. The molecule has 14 heavy (non-hydrogen) atoms. The summed E-state index contributed by atoms with van der Waals surface area (Å²) in [7, 11) is 0. The van der Waals surface area contributed by atoms with Crippen LogP contribution in [0.2, 0.25) is 0 Å². The lowest BCUT2D eigenvalue weighted by atomic mass is 10.0. The van der Waals surface area contributed by atoms with Crippen molar-refractivity contribution in [2.45, 2.75) is 19.8 Å². The van der Waals surface area contributed by atoms with Gasteiger partial charge in [0.2, 0.25) is 5.91 Å². The molecule has 1 aromatic rings. The molecule has 2 N–H and O–H groups in total. The lowest BCUT2D eigenvalue weighted by Crippen LogP contribution is -2.15. The van der Waals surface area contributed by atoms with Crippen LogP contribution in [0.3, 0.4) is 0 Å². The first-order valence-electron chi connectivity index (χ1n) is 4.54. The molecule has 0 spiro atoms. The summed E-state index contributed by atoms with van der Waals surface area (Å²) in [6.07, 6.45) is 0.767. The van der Waals surface area contributed by atoms with Gasteiger partial charge in [0.15, 0.2) is 0 Å². The number of carbonyl (C=O) groups excluding carboxylic acids is 2. The Morgan fingerprint density at radius 2 is 1.93 bits per heavy atom. The largest absolute Gasteiger partial charge is 0.366 e. The van der Waals surface area contributed by atoms with Crippen LogP contribution in [0.1, 0.15) is 29.3 Å². The number of carbonyl (C=O) groups is 2. The van der Waals surface area contributed by atoms with Crippen molar-refractivity contribution < 1.29 is 9.59 Å². The molecule has 3 nitrogen and oxygen atoms in total.